The van der Waals surface area contributed by atoms with Crippen molar-refractivity contribution in [2.75, 3.05) is 5.75 Å². The highest BCUT2D eigenvalue weighted by Crippen LogP contribution is 2.28. The smallest absolute Gasteiger partial charge is 0.260 e. The monoisotopic (exact) mass is 387 g/mol. The number of aromatic amines is 1. The molecule has 26 heavy (non-hydrogen) atoms. The number of thioether (sulfide) groups is 1. The van der Waals surface area contributed by atoms with Crippen molar-refractivity contribution in [1.29, 1.82) is 0 Å². The number of nitrogens with zero attached hydrogens (tertiary/aromatic N) is 1. The lowest BCUT2D eigenvalue weighted by Crippen LogP contribution is -2.12. The number of amides is 1. The summed E-state index contributed by atoms with van der Waals surface area (Å²) in [5.74, 6) is -0.464. The average molecular weight is 387 g/mol. The number of nitrogens with two attached hydrogens (primary N) is 1. The second kappa shape index (κ2) is 7.05. The molecule has 8 heteroatoms. The van der Waals surface area contributed by atoms with Crippen molar-refractivity contribution < 1.29 is 9.59 Å². The third-order valence-electron chi connectivity index (χ3n) is 4.17. The molecule has 0 fully saturated rings. The van der Waals surface area contributed by atoms with Gasteiger partial charge >= 0.3 is 0 Å². The average Bonchev–Trinajstić information content (AvgIpc) is 2.92. The van der Waals surface area contributed by atoms with Gasteiger partial charge in [-0.3, -0.25) is 14.4 Å². The SMILES string of the molecule is Cc1ccc(C(=O)CSc2nc3sc(C(N)=O)c(C)c3c(=O)[nH]2)cc1C. The molecule has 0 aliphatic heterocycles. The van der Waals surface area contributed by atoms with E-state index in [9.17, 15) is 14.4 Å². The summed E-state index contributed by atoms with van der Waals surface area (Å²) in [5, 5.41) is 0.714. The zero-order valence-electron chi connectivity index (χ0n) is 14.5. The van der Waals surface area contributed by atoms with Crippen molar-refractivity contribution >= 4 is 45.0 Å². The number of nitrogens with one attached hydrogen (secondary N) is 1. The minimum atomic E-state index is -0.580. The van der Waals surface area contributed by atoms with Gasteiger partial charge in [-0.2, -0.15) is 0 Å². The maximum absolute atomic E-state index is 12.4. The van der Waals surface area contributed by atoms with E-state index in [1.165, 1.54) is 0 Å². The number of rotatable bonds is 5. The van der Waals surface area contributed by atoms with Crippen molar-refractivity contribution in [3.05, 3.63) is 55.7 Å². The lowest BCUT2D eigenvalue weighted by molar-refractivity contribution is 0.1000. The number of ketones is 1. The summed E-state index contributed by atoms with van der Waals surface area (Å²) >= 11 is 2.25. The lowest BCUT2D eigenvalue weighted by atomic mass is 10.0. The Labute approximate surface area is 157 Å². The molecule has 0 aliphatic carbocycles. The Morgan fingerprint density at radius 1 is 1.23 bits per heavy atom. The van der Waals surface area contributed by atoms with Crippen molar-refractivity contribution in [3.63, 3.8) is 0 Å². The predicted octanol–water partition coefficient (Wildman–Crippen LogP) is 2.98. The Bertz CT molecular complexity index is 1100. The minimum Gasteiger partial charge on any atom is -0.365 e. The molecule has 0 saturated carbocycles. The maximum Gasteiger partial charge on any atom is 0.260 e. The summed E-state index contributed by atoms with van der Waals surface area (Å²) in [4.78, 5) is 43.9. The molecule has 0 saturated heterocycles. The molecule has 2 aromatic heterocycles. The number of aromatic nitrogens is 2. The van der Waals surface area contributed by atoms with Gasteiger partial charge in [-0.25, -0.2) is 4.98 Å². The Balaban J connectivity index is 1.85. The van der Waals surface area contributed by atoms with Crippen LogP contribution < -0.4 is 11.3 Å². The van der Waals surface area contributed by atoms with Gasteiger partial charge in [0.2, 0.25) is 0 Å². The van der Waals surface area contributed by atoms with Gasteiger partial charge in [0.1, 0.15) is 4.83 Å². The number of primary amides is 1. The summed E-state index contributed by atoms with van der Waals surface area (Å²) in [5.41, 5.74) is 8.35. The van der Waals surface area contributed by atoms with Crippen LogP contribution in [0.15, 0.2) is 28.2 Å². The highest BCUT2D eigenvalue weighted by molar-refractivity contribution is 7.99. The summed E-state index contributed by atoms with van der Waals surface area (Å²) in [6.07, 6.45) is 0. The highest BCUT2D eigenvalue weighted by atomic mass is 32.2. The molecule has 6 nitrogen and oxygen atoms in total. The van der Waals surface area contributed by atoms with E-state index in [4.69, 9.17) is 5.73 Å². The summed E-state index contributed by atoms with van der Waals surface area (Å²) in [6.45, 7) is 5.62. The number of thiophene rings is 1. The molecule has 3 N–H and O–H groups in total. The molecular formula is C18H17N3O3S2. The van der Waals surface area contributed by atoms with Crippen LogP contribution in [-0.2, 0) is 0 Å². The Kier molecular flexibility index (Phi) is 4.97. The van der Waals surface area contributed by atoms with Gasteiger partial charge in [0.25, 0.3) is 11.5 Å². The molecule has 0 unspecified atom stereocenters. The normalized spacial score (nSPS) is 11.0. The molecule has 3 aromatic rings. The zero-order chi connectivity index (χ0) is 19.0. The number of carbonyl (C=O) groups excluding carboxylic acids is 2. The van der Waals surface area contributed by atoms with Crippen molar-refractivity contribution in [1.82, 2.24) is 9.97 Å². The molecule has 0 radical (unpaired) electrons. The summed E-state index contributed by atoms with van der Waals surface area (Å²) < 4.78 is 0. The van der Waals surface area contributed by atoms with E-state index in [0.29, 0.717) is 31.4 Å². The minimum absolute atomic E-state index is 0.0407. The Morgan fingerprint density at radius 2 is 1.96 bits per heavy atom. The fourth-order valence-electron chi connectivity index (χ4n) is 2.56. The third-order valence-corrected chi connectivity index (χ3v) is 6.25. The molecule has 134 valence electrons. The fourth-order valence-corrected chi connectivity index (χ4v) is 4.41. The first kappa shape index (κ1) is 18.3. The first-order valence-electron chi connectivity index (χ1n) is 7.84. The Hall–Kier alpha value is -2.45. The Morgan fingerprint density at radius 3 is 2.62 bits per heavy atom. The van der Waals surface area contributed by atoms with Gasteiger partial charge in [-0.1, -0.05) is 23.9 Å². The van der Waals surface area contributed by atoms with Gasteiger partial charge in [0, 0.05) is 5.56 Å². The molecule has 3 rings (SSSR count). The van der Waals surface area contributed by atoms with Crippen molar-refractivity contribution in [2.24, 2.45) is 5.73 Å². The molecule has 1 amide bonds. The number of fused-ring (bicyclic) bond motifs is 1. The van der Waals surface area contributed by atoms with Crippen LogP contribution in [0.25, 0.3) is 10.2 Å². The number of hydrogen-bond donors (Lipinski definition) is 2. The van der Waals surface area contributed by atoms with Crippen LogP contribution in [-0.4, -0.2) is 27.4 Å². The van der Waals surface area contributed by atoms with E-state index < -0.39 is 5.91 Å². The molecule has 0 bridgehead atoms. The summed E-state index contributed by atoms with van der Waals surface area (Å²) in [6, 6.07) is 5.57. The van der Waals surface area contributed by atoms with Crippen LogP contribution in [0.1, 0.15) is 36.7 Å². The second-order valence-corrected chi connectivity index (χ2v) is 7.95. The fraction of sp³-hybridized carbons (Fsp3) is 0.222. The first-order valence-corrected chi connectivity index (χ1v) is 9.64. The molecule has 0 aliphatic rings. The largest absolute Gasteiger partial charge is 0.365 e. The number of aryl methyl sites for hydroxylation is 3. The topological polar surface area (TPSA) is 106 Å². The number of H-pyrrole nitrogens is 1. The van der Waals surface area contributed by atoms with E-state index in [0.717, 1.165) is 34.2 Å². The number of benzene rings is 1. The van der Waals surface area contributed by atoms with Crippen LogP contribution in [0.2, 0.25) is 0 Å². The van der Waals surface area contributed by atoms with Crippen LogP contribution in [0.5, 0.6) is 0 Å². The van der Waals surface area contributed by atoms with Crippen LogP contribution >= 0.6 is 23.1 Å². The van der Waals surface area contributed by atoms with Crippen LogP contribution in [0.4, 0.5) is 0 Å². The highest BCUT2D eigenvalue weighted by Gasteiger charge is 2.18. The van der Waals surface area contributed by atoms with Crippen molar-refractivity contribution in [3.8, 4) is 0 Å². The van der Waals surface area contributed by atoms with Gasteiger partial charge in [0.05, 0.1) is 16.0 Å². The third kappa shape index (κ3) is 3.42. The van der Waals surface area contributed by atoms with Gasteiger partial charge in [-0.05, 0) is 43.5 Å². The summed E-state index contributed by atoms with van der Waals surface area (Å²) in [7, 11) is 0. The molecular weight excluding hydrogens is 370 g/mol. The van der Waals surface area contributed by atoms with Crippen LogP contribution in [0, 0.1) is 20.8 Å². The number of Topliss-reactive ketones (excluding diaryl/α,β-unsaturated/α-hetero) is 1. The lowest BCUT2D eigenvalue weighted by Gasteiger charge is -2.04. The standard InChI is InChI=1S/C18H17N3O3S2/c1-8-4-5-11(6-9(8)2)12(22)7-25-18-20-16(24)13-10(3)14(15(19)23)26-17(13)21-18/h4-6H,7H2,1-3H3,(H2,19,23)(H,20,21,24). The van der Waals surface area contributed by atoms with E-state index in [1.54, 1.807) is 13.0 Å². The van der Waals surface area contributed by atoms with E-state index >= 15 is 0 Å². The van der Waals surface area contributed by atoms with E-state index in [1.807, 2.05) is 26.0 Å². The first-order chi connectivity index (χ1) is 12.3. The predicted molar refractivity (Wildman–Crippen MR) is 104 cm³/mol. The molecule has 1 aromatic carbocycles. The number of carbonyl (C=O) groups is 2. The molecule has 2 heterocycles. The van der Waals surface area contributed by atoms with Gasteiger partial charge in [0.15, 0.2) is 10.9 Å². The quantitative estimate of drug-likeness (QED) is 0.398. The van der Waals surface area contributed by atoms with E-state index in [-0.39, 0.29) is 17.1 Å². The second-order valence-electron chi connectivity index (χ2n) is 5.98. The molecule has 0 atom stereocenters. The maximum atomic E-state index is 12.4. The molecule has 0 spiro atoms. The van der Waals surface area contributed by atoms with E-state index in [2.05, 4.69) is 9.97 Å². The number of hydrogen-bond acceptors (Lipinski definition) is 6. The van der Waals surface area contributed by atoms with Gasteiger partial charge in [-0.15, -0.1) is 11.3 Å². The zero-order valence-corrected chi connectivity index (χ0v) is 16.1. The van der Waals surface area contributed by atoms with Crippen molar-refractivity contribution in [2.45, 2.75) is 25.9 Å². The van der Waals surface area contributed by atoms with Crippen LogP contribution in [0.3, 0.4) is 0 Å². The van der Waals surface area contributed by atoms with Gasteiger partial charge < -0.3 is 10.7 Å².